The SMILES string of the molecule is N#C/C=C\CCO[C@@H]1O[C@H](CO)[C@@H](O)[C@H](O)[C@H]1O. The van der Waals surface area contributed by atoms with Crippen molar-refractivity contribution in [2.75, 3.05) is 13.2 Å². The van der Waals surface area contributed by atoms with Crippen LogP contribution in [-0.2, 0) is 9.47 Å². The molecule has 0 unspecified atom stereocenters. The minimum absolute atomic E-state index is 0.181. The predicted octanol–water partition coefficient (Wildman–Crippen LogP) is -1.73. The van der Waals surface area contributed by atoms with Crippen LogP contribution in [0.3, 0.4) is 0 Å². The lowest BCUT2D eigenvalue weighted by molar-refractivity contribution is -0.300. The standard InChI is InChI=1S/C11H17NO6/c12-4-2-1-3-5-17-11-10(16)9(15)8(14)7(6-13)18-11/h1-2,7-11,13-16H,3,5-6H2/b2-1-/t7-,8-,9+,10-,11-/m1/s1. The van der Waals surface area contributed by atoms with Crippen LogP contribution in [0.25, 0.3) is 0 Å². The highest BCUT2D eigenvalue weighted by Gasteiger charge is 2.43. The fourth-order valence-corrected chi connectivity index (χ4v) is 1.59. The maximum absolute atomic E-state index is 9.61. The zero-order valence-electron chi connectivity index (χ0n) is 9.72. The van der Waals surface area contributed by atoms with Crippen LogP contribution in [0.4, 0.5) is 0 Å². The highest BCUT2D eigenvalue weighted by atomic mass is 16.7. The van der Waals surface area contributed by atoms with E-state index in [4.69, 9.17) is 19.8 Å². The zero-order chi connectivity index (χ0) is 13.5. The quantitative estimate of drug-likeness (QED) is 0.342. The third-order valence-electron chi connectivity index (χ3n) is 2.61. The summed E-state index contributed by atoms with van der Waals surface area (Å²) in [6.45, 7) is -0.306. The minimum atomic E-state index is -1.43. The molecule has 0 spiro atoms. The summed E-state index contributed by atoms with van der Waals surface area (Å²) in [5.41, 5.74) is 0. The number of aliphatic hydroxyl groups excluding tert-OH is 4. The average molecular weight is 259 g/mol. The summed E-state index contributed by atoms with van der Waals surface area (Å²) in [4.78, 5) is 0. The van der Waals surface area contributed by atoms with Crippen molar-refractivity contribution in [3.8, 4) is 6.07 Å². The largest absolute Gasteiger partial charge is 0.394 e. The maximum Gasteiger partial charge on any atom is 0.186 e. The van der Waals surface area contributed by atoms with Gasteiger partial charge in [0, 0.05) is 6.08 Å². The van der Waals surface area contributed by atoms with Crippen LogP contribution in [0.15, 0.2) is 12.2 Å². The summed E-state index contributed by atoms with van der Waals surface area (Å²) >= 11 is 0. The lowest BCUT2D eigenvalue weighted by atomic mass is 9.99. The van der Waals surface area contributed by atoms with Gasteiger partial charge in [-0.2, -0.15) is 5.26 Å². The van der Waals surface area contributed by atoms with Crippen LogP contribution in [-0.4, -0.2) is 64.3 Å². The first-order valence-corrected chi connectivity index (χ1v) is 5.58. The Bertz CT molecular complexity index is 313. The Kier molecular flexibility index (Phi) is 6.21. The van der Waals surface area contributed by atoms with Crippen LogP contribution >= 0.6 is 0 Å². The Hall–Kier alpha value is -1.01. The van der Waals surface area contributed by atoms with E-state index in [2.05, 4.69) is 0 Å². The number of aliphatic hydroxyl groups is 4. The van der Waals surface area contributed by atoms with E-state index in [0.29, 0.717) is 6.42 Å². The summed E-state index contributed by atoms with van der Waals surface area (Å²) in [7, 11) is 0. The molecule has 0 aromatic heterocycles. The number of allylic oxidation sites excluding steroid dienone is 1. The van der Waals surface area contributed by atoms with Crippen LogP contribution in [0.2, 0.25) is 0 Å². The van der Waals surface area contributed by atoms with Gasteiger partial charge in [-0.3, -0.25) is 0 Å². The Morgan fingerprint density at radius 1 is 1.22 bits per heavy atom. The summed E-state index contributed by atoms with van der Waals surface area (Å²) in [5, 5.41) is 45.8. The van der Waals surface area contributed by atoms with E-state index in [0.717, 1.165) is 0 Å². The molecule has 7 heteroatoms. The predicted molar refractivity (Wildman–Crippen MR) is 59.1 cm³/mol. The van der Waals surface area contributed by atoms with Crippen LogP contribution < -0.4 is 0 Å². The molecule has 7 nitrogen and oxygen atoms in total. The van der Waals surface area contributed by atoms with Crippen LogP contribution in [0.5, 0.6) is 0 Å². The molecule has 1 aliphatic rings. The van der Waals surface area contributed by atoms with Gasteiger partial charge in [0.15, 0.2) is 6.29 Å². The van der Waals surface area contributed by atoms with Gasteiger partial charge < -0.3 is 29.9 Å². The highest BCUT2D eigenvalue weighted by molar-refractivity contribution is 5.01. The van der Waals surface area contributed by atoms with Crippen molar-refractivity contribution in [2.45, 2.75) is 37.1 Å². The van der Waals surface area contributed by atoms with Crippen LogP contribution in [0.1, 0.15) is 6.42 Å². The van der Waals surface area contributed by atoms with Crippen molar-refractivity contribution in [3.63, 3.8) is 0 Å². The number of nitrogens with zero attached hydrogens (tertiary/aromatic N) is 1. The van der Waals surface area contributed by atoms with E-state index in [1.165, 1.54) is 6.08 Å². The second-order valence-corrected chi connectivity index (χ2v) is 3.89. The lowest BCUT2D eigenvalue weighted by Crippen LogP contribution is -2.59. The Balaban J connectivity index is 2.44. The van der Waals surface area contributed by atoms with E-state index >= 15 is 0 Å². The molecule has 0 radical (unpaired) electrons. The molecule has 0 aliphatic carbocycles. The minimum Gasteiger partial charge on any atom is -0.394 e. The molecule has 0 saturated carbocycles. The number of rotatable bonds is 5. The van der Waals surface area contributed by atoms with E-state index in [1.807, 2.05) is 6.07 Å². The summed E-state index contributed by atoms with van der Waals surface area (Å²) in [6.07, 6.45) is -2.95. The third kappa shape index (κ3) is 3.74. The molecule has 18 heavy (non-hydrogen) atoms. The summed E-state index contributed by atoms with van der Waals surface area (Å²) < 4.78 is 10.3. The van der Waals surface area contributed by atoms with Gasteiger partial charge in [-0.1, -0.05) is 6.08 Å². The second-order valence-electron chi connectivity index (χ2n) is 3.89. The fourth-order valence-electron chi connectivity index (χ4n) is 1.59. The van der Waals surface area contributed by atoms with Crippen molar-refractivity contribution >= 4 is 0 Å². The summed E-state index contributed by atoms with van der Waals surface area (Å²) in [5.74, 6) is 0. The van der Waals surface area contributed by atoms with Crippen molar-refractivity contribution in [3.05, 3.63) is 12.2 Å². The zero-order valence-corrected chi connectivity index (χ0v) is 9.72. The van der Waals surface area contributed by atoms with Gasteiger partial charge >= 0.3 is 0 Å². The van der Waals surface area contributed by atoms with Gasteiger partial charge in [-0.15, -0.1) is 0 Å². The van der Waals surface area contributed by atoms with Gasteiger partial charge in [0.05, 0.1) is 19.3 Å². The molecular formula is C11H17NO6. The monoisotopic (exact) mass is 259 g/mol. The molecule has 0 aromatic rings. The molecule has 1 saturated heterocycles. The molecule has 5 atom stereocenters. The smallest absolute Gasteiger partial charge is 0.186 e. The first kappa shape index (κ1) is 15.0. The van der Waals surface area contributed by atoms with Gasteiger partial charge in [0.25, 0.3) is 0 Å². The van der Waals surface area contributed by atoms with Crippen molar-refractivity contribution in [2.24, 2.45) is 0 Å². The molecule has 1 fully saturated rings. The molecule has 1 aliphatic heterocycles. The molecule has 1 rings (SSSR count). The molecular weight excluding hydrogens is 242 g/mol. The summed E-state index contributed by atoms with van der Waals surface area (Å²) in [6, 6.07) is 1.82. The van der Waals surface area contributed by atoms with Gasteiger partial charge in [-0.05, 0) is 6.42 Å². The lowest BCUT2D eigenvalue weighted by Gasteiger charge is -2.39. The van der Waals surface area contributed by atoms with E-state index in [9.17, 15) is 15.3 Å². The highest BCUT2D eigenvalue weighted by Crippen LogP contribution is 2.21. The van der Waals surface area contributed by atoms with Crippen molar-refractivity contribution < 1.29 is 29.9 Å². The van der Waals surface area contributed by atoms with Crippen LogP contribution in [0, 0.1) is 11.3 Å². The Morgan fingerprint density at radius 2 is 1.94 bits per heavy atom. The number of hydrogen-bond acceptors (Lipinski definition) is 7. The third-order valence-corrected chi connectivity index (χ3v) is 2.61. The normalized spacial score (nSPS) is 36.7. The topological polar surface area (TPSA) is 123 Å². The van der Waals surface area contributed by atoms with Crippen molar-refractivity contribution in [1.82, 2.24) is 0 Å². The fraction of sp³-hybridized carbons (Fsp3) is 0.727. The van der Waals surface area contributed by atoms with Crippen molar-refractivity contribution in [1.29, 1.82) is 5.26 Å². The molecule has 102 valence electrons. The van der Waals surface area contributed by atoms with Gasteiger partial charge in [0.1, 0.15) is 24.4 Å². The second kappa shape index (κ2) is 7.43. The number of hydrogen-bond donors (Lipinski definition) is 4. The first-order chi connectivity index (χ1) is 8.61. The number of ether oxygens (including phenoxy) is 2. The molecule has 0 amide bonds. The maximum atomic E-state index is 9.61. The Morgan fingerprint density at radius 3 is 2.56 bits per heavy atom. The molecule has 0 aromatic carbocycles. The Labute approximate surface area is 104 Å². The van der Waals surface area contributed by atoms with E-state index in [1.54, 1.807) is 6.08 Å². The molecule has 1 heterocycles. The molecule has 0 bridgehead atoms. The van der Waals surface area contributed by atoms with Gasteiger partial charge in [-0.25, -0.2) is 0 Å². The van der Waals surface area contributed by atoms with Gasteiger partial charge in [0.2, 0.25) is 0 Å². The van der Waals surface area contributed by atoms with E-state index < -0.39 is 37.3 Å². The van der Waals surface area contributed by atoms with E-state index in [-0.39, 0.29) is 6.61 Å². The average Bonchev–Trinajstić information content (AvgIpc) is 2.38. The first-order valence-electron chi connectivity index (χ1n) is 5.58. The molecule has 4 N–H and O–H groups in total. The number of nitriles is 1.